The van der Waals surface area contributed by atoms with Crippen molar-refractivity contribution in [1.82, 2.24) is 0 Å². The van der Waals surface area contributed by atoms with Crippen LogP contribution in [-0.4, -0.2) is 16.5 Å². The minimum Gasteiger partial charge on any atom is -0.506 e. The van der Waals surface area contributed by atoms with Crippen molar-refractivity contribution in [3.63, 3.8) is 0 Å². The second-order valence-corrected chi connectivity index (χ2v) is 5.70. The van der Waals surface area contributed by atoms with E-state index >= 15 is 0 Å². The van der Waals surface area contributed by atoms with Crippen LogP contribution in [0.2, 0.25) is 0 Å². The summed E-state index contributed by atoms with van der Waals surface area (Å²) in [5.41, 5.74) is 1.28. The molecule has 0 spiro atoms. The summed E-state index contributed by atoms with van der Waals surface area (Å²) in [5, 5.41) is 18.9. The number of hydrogen-bond acceptors (Lipinski definition) is 3. The molecule has 1 atom stereocenters. The minimum atomic E-state index is -1.29. The van der Waals surface area contributed by atoms with Crippen molar-refractivity contribution < 1.29 is 14.9 Å². The molecule has 0 aliphatic rings. The highest BCUT2D eigenvalue weighted by Gasteiger charge is 2.09. The van der Waals surface area contributed by atoms with Gasteiger partial charge in [-0.1, -0.05) is 57.6 Å². The van der Waals surface area contributed by atoms with Crippen LogP contribution in [0.15, 0.2) is 36.1 Å². The van der Waals surface area contributed by atoms with Gasteiger partial charge in [-0.15, -0.1) is 0 Å². The lowest BCUT2D eigenvalue weighted by atomic mass is 10.0. The van der Waals surface area contributed by atoms with Gasteiger partial charge < -0.3 is 14.9 Å². The SMILES string of the molecule is CC=C(O)C(O)Oc1ccc(CCCCCCCCC)cc1. The maximum atomic E-state index is 9.56. The van der Waals surface area contributed by atoms with Crippen molar-refractivity contribution in [2.45, 2.75) is 71.5 Å². The number of aryl methyl sites for hydroxylation is 1. The van der Waals surface area contributed by atoms with Crippen LogP contribution in [0.1, 0.15) is 64.4 Å². The van der Waals surface area contributed by atoms with Gasteiger partial charge in [0.15, 0.2) is 5.76 Å². The Morgan fingerprint density at radius 3 is 2.23 bits per heavy atom. The predicted molar refractivity (Wildman–Crippen MR) is 91.2 cm³/mol. The van der Waals surface area contributed by atoms with Crippen molar-refractivity contribution in [3.8, 4) is 5.75 Å². The number of rotatable bonds is 11. The van der Waals surface area contributed by atoms with Gasteiger partial charge in [-0.25, -0.2) is 0 Å². The monoisotopic (exact) mass is 306 g/mol. The predicted octanol–water partition coefficient (Wildman–Crippen LogP) is 5.14. The van der Waals surface area contributed by atoms with Gasteiger partial charge in [-0.2, -0.15) is 0 Å². The molecule has 0 aliphatic heterocycles. The van der Waals surface area contributed by atoms with E-state index in [1.54, 1.807) is 6.92 Å². The van der Waals surface area contributed by atoms with E-state index in [0.29, 0.717) is 5.75 Å². The topological polar surface area (TPSA) is 49.7 Å². The molecular formula is C19H30O3. The molecule has 0 amide bonds. The van der Waals surface area contributed by atoms with E-state index in [1.165, 1.54) is 56.6 Å². The van der Waals surface area contributed by atoms with Crippen LogP contribution >= 0.6 is 0 Å². The molecule has 1 aromatic rings. The van der Waals surface area contributed by atoms with Gasteiger partial charge in [0.2, 0.25) is 0 Å². The Morgan fingerprint density at radius 2 is 1.64 bits per heavy atom. The number of unbranched alkanes of at least 4 members (excludes halogenated alkanes) is 6. The van der Waals surface area contributed by atoms with Gasteiger partial charge in [0.1, 0.15) is 5.75 Å². The Morgan fingerprint density at radius 1 is 1.05 bits per heavy atom. The molecule has 0 aromatic heterocycles. The highest BCUT2D eigenvalue weighted by atomic mass is 16.6. The zero-order chi connectivity index (χ0) is 16.2. The molecule has 0 fully saturated rings. The molecule has 1 aromatic carbocycles. The Hall–Kier alpha value is -1.48. The lowest BCUT2D eigenvalue weighted by Gasteiger charge is -2.12. The van der Waals surface area contributed by atoms with Crippen LogP contribution in [0.25, 0.3) is 0 Å². The van der Waals surface area contributed by atoms with Crippen LogP contribution in [0, 0.1) is 0 Å². The fraction of sp³-hybridized carbons (Fsp3) is 0.579. The van der Waals surface area contributed by atoms with Crippen LogP contribution in [-0.2, 0) is 6.42 Å². The summed E-state index contributed by atoms with van der Waals surface area (Å²) in [6.45, 7) is 3.89. The van der Waals surface area contributed by atoms with Gasteiger partial charge in [0, 0.05) is 0 Å². The van der Waals surface area contributed by atoms with Gasteiger partial charge in [0.25, 0.3) is 6.29 Å². The van der Waals surface area contributed by atoms with Crippen LogP contribution in [0.3, 0.4) is 0 Å². The zero-order valence-electron chi connectivity index (χ0n) is 13.9. The van der Waals surface area contributed by atoms with E-state index in [9.17, 15) is 10.2 Å². The Bertz CT molecular complexity index is 423. The second kappa shape index (κ2) is 11.1. The number of allylic oxidation sites excluding steroid dienone is 1. The van der Waals surface area contributed by atoms with Gasteiger partial charge in [-0.3, -0.25) is 0 Å². The molecule has 0 radical (unpaired) electrons. The maximum absolute atomic E-state index is 9.56. The standard InChI is InChI=1S/C19H30O3/c1-3-5-6-7-8-9-10-11-16-12-14-17(15-13-16)22-19(21)18(20)4-2/h4,12-15,19-21H,3,5-11H2,1-2H3. The average molecular weight is 306 g/mol. The molecule has 0 bridgehead atoms. The Balaban J connectivity index is 2.24. The summed E-state index contributed by atoms with van der Waals surface area (Å²) in [6.07, 6.45) is 10.4. The highest BCUT2D eigenvalue weighted by molar-refractivity contribution is 5.27. The van der Waals surface area contributed by atoms with Crippen LogP contribution in [0.5, 0.6) is 5.75 Å². The number of ether oxygens (including phenoxy) is 1. The molecule has 0 aliphatic carbocycles. The van der Waals surface area contributed by atoms with E-state index in [-0.39, 0.29) is 5.76 Å². The fourth-order valence-electron chi connectivity index (χ4n) is 2.35. The van der Waals surface area contributed by atoms with Crippen molar-refractivity contribution in [3.05, 3.63) is 41.7 Å². The van der Waals surface area contributed by atoms with Gasteiger partial charge in [0.05, 0.1) is 0 Å². The molecule has 0 saturated heterocycles. The van der Waals surface area contributed by atoms with E-state index < -0.39 is 6.29 Å². The molecule has 1 rings (SSSR count). The van der Waals surface area contributed by atoms with E-state index in [2.05, 4.69) is 6.92 Å². The summed E-state index contributed by atoms with van der Waals surface area (Å²) in [5.74, 6) is 0.386. The molecule has 3 nitrogen and oxygen atoms in total. The lowest BCUT2D eigenvalue weighted by molar-refractivity contribution is -0.0162. The third-order valence-corrected chi connectivity index (χ3v) is 3.79. The first-order valence-electron chi connectivity index (χ1n) is 8.46. The molecular weight excluding hydrogens is 276 g/mol. The lowest BCUT2D eigenvalue weighted by Crippen LogP contribution is -2.18. The number of aliphatic hydroxyl groups is 2. The third kappa shape index (κ3) is 7.51. The van der Waals surface area contributed by atoms with Gasteiger partial charge >= 0.3 is 0 Å². The summed E-state index contributed by atoms with van der Waals surface area (Å²) >= 11 is 0. The van der Waals surface area contributed by atoms with E-state index in [4.69, 9.17) is 4.74 Å². The van der Waals surface area contributed by atoms with Gasteiger partial charge in [-0.05, 0) is 43.5 Å². The summed E-state index contributed by atoms with van der Waals surface area (Å²) < 4.78 is 5.24. The zero-order valence-corrected chi connectivity index (χ0v) is 13.9. The fourth-order valence-corrected chi connectivity index (χ4v) is 2.35. The maximum Gasteiger partial charge on any atom is 0.255 e. The summed E-state index contributed by atoms with van der Waals surface area (Å²) in [6, 6.07) is 7.71. The first-order chi connectivity index (χ1) is 10.7. The molecule has 0 heterocycles. The summed E-state index contributed by atoms with van der Waals surface area (Å²) in [7, 11) is 0. The van der Waals surface area contributed by atoms with Crippen molar-refractivity contribution in [2.75, 3.05) is 0 Å². The van der Waals surface area contributed by atoms with Crippen LogP contribution in [0.4, 0.5) is 0 Å². The van der Waals surface area contributed by atoms with Crippen molar-refractivity contribution in [2.24, 2.45) is 0 Å². The van der Waals surface area contributed by atoms with E-state index in [1.807, 2.05) is 24.3 Å². The van der Waals surface area contributed by atoms with Crippen molar-refractivity contribution in [1.29, 1.82) is 0 Å². The molecule has 22 heavy (non-hydrogen) atoms. The Labute approximate surface area is 134 Å². The molecule has 1 unspecified atom stereocenters. The quantitative estimate of drug-likeness (QED) is 0.338. The first kappa shape index (κ1) is 18.6. The Kier molecular flexibility index (Phi) is 9.40. The first-order valence-corrected chi connectivity index (χ1v) is 8.46. The normalized spacial score (nSPS) is 13.1. The number of hydrogen-bond donors (Lipinski definition) is 2. The van der Waals surface area contributed by atoms with E-state index in [0.717, 1.165) is 6.42 Å². The number of aliphatic hydroxyl groups excluding tert-OH is 2. The third-order valence-electron chi connectivity index (χ3n) is 3.79. The van der Waals surface area contributed by atoms with Crippen molar-refractivity contribution >= 4 is 0 Å². The smallest absolute Gasteiger partial charge is 0.255 e. The average Bonchev–Trinajstić information content (AvgIpc) is 2.54. The molecule has 2 N–H and O–H groups in total. The summed E-state index contributed by atoms with van der Waals surface area (Å²) in [4.78, 5) is 0. The second-order valence-electron chi connectivity index (χ2n) is 5.70. The largest absolute Gasteiger partial charge is 0.506 e. The minimum absolute atomic E-state index is 0.174. The highest BCUT2D eigenvalue weighted by Crippen LogP contribution is 2.17. The molecule has 124 valence electrons. The molecule has 0 saturated carbocycles. The molecule has 3 heteroatoms. The number of benzene rings is 1. The van der Waals surface area contributed by atoms with Crippen LogP contribution < -0.4 is 4.74 Å².